The molecule has 0 heterocycles. The first-order chi connectivity index (χ1) is 4.30. The molecule has 0 saturated heterocycles. The molecule has 1 aliphatic rings. The van der Waals surface area contributed by atoms with E-state index in [9.17, 15) is 0 Å². The van der Waals surface area contributed by atoms with Gasteiger partial charge in [0.25, 0.3) is 0 Å². The molecule has 0 aliphatic heterocycles. The van der Waals surface area contributed by atoms with Crippen LogP contribution >= 0.6 is 0 Å². The SMILES string of the molecule is CC1=C(C)CCCCC1. The van der Waals surface area contributed by atoms with E-state index in [0.29, 0.717) is 0 Å². The minimum absolute atomic E-state index is 1.35. The fourth-order valence-corrected chi connectivity index (χ4v) is 1.38. The molecule has 1 rings (SSSR count). The van der Waals surface area contributed by atoms with E-state index in [-0.39, 0.29) is 0 Å². The minimum atomic E-state index is 1.35. The Morgan fingerprint density at radius 3 is 1.67 bits per heavy atom. The molecule has 0 unspecified atom stereocenters. The summed E-state index contributed by atoms with van der Waals surface area (Å²) in [7, 11) is 0. The predicted molar refractivity (Wildman–Crippen MR) is 41.5 cm³/mol. The van der Waals surface area contributed by atoms with Crippen molar-refractivity contribution in [3.05, 3.63) is 11.1 Å². The fourth-order valence-electron chi connectivity index (χ4n) is 1.38. The van der Waals surface area contributed by atoms with E-state index in [4.69, 9.17) is 0 Å². The van der Waals surface area contributed by atoms with Crippen LogP contribution in [0.2, 0.25) is 0 Å². The van der Waals surface area contributed by atoms with Crippen LogP contribution in [0.5, 0.6) is 0 Å². The molecule has 0 aromatic heterocycles. The van der Waals surface area contributed by atoms with Crippen molar-refractivity contribution in [2.75, 3.05) is 0 Å². The van der Waals surface area contributed by atoms with Crippen molar-refractivity contribution in [1.82, 2.24) is 0 Å². The minimum Gasteiger partial charge on any atom is -0.0744 e. The first kappa shape index (κ1) is 6.85. The van der Waals surface area contributed by atoms with Crippen LogP contribution in [-0.2, 0) is 0 Å². The van der Waals surface area contributed by atoms with E-state index < -0.39 is 0 Å². The monoisotopic (exact) mass is 124 g/mol. The second-order valence-electron chi connectivity index (χ2n) is 3.12. The van der Waals surface area contributed by atoms with Gasteiger partial charge in [0.1, 0.15) is 0 Å². The summed E-state index contributed by atoms with van der Waals surface area (Å²) in [6.45, 7) is 4.56. The Hall–Kier alpha value is -0.260. The van der Waals surface area contributed by atoms with Gasteiger partial charge in [0.2, 0.25) is 0 Å². The second kappa shape index (κ2) is 3.05. The quantitative estimate of drug-likeness (QED) is 0.435. The van der Waals surface area contributed by atoms with Crippen molar-refractivity contribution in [3.63, 3.8) is 0 Å². The summed E-state index contributed by atoms with van der Waals surface area (Å²) in [6.07, 6.45) is 6.98. The predicted octanol–water partition coefficient (Wildman–Crippen LogP) is 3.29. The van der Waals surface area contributed by atoms with Crippen molar-refractivity contribution in [2.24, 2.45) is 0 Å². The maximum atomic E-state index is 2.28. The molecule has 0 bridgehead atoms. The lowest BCUT2D eigenvalue weighted by molar-refractivity contribution is 0.706. The van der Waals surface area contributed by atoms with Crippen LogP contribution in [-0.4, -0.2) is 0 Å². The van der Waals surface area contributed by atoms with E-state index >= 15 is 0 Å². The van der Waals surface area contributed by atoms with Crippen LogP contribution in [0.25, 0.3) is 0 Å². The van der Waals surface area contributed by atoms with Gasteiger partial charge >= 0.3 is 0 Å². The largest absolute Gasteiger partial charge is 0.0744 e. The van der Waals surface area contributed by atoms with Gasteiger partial charge in [-0.1, -0.05) is 17.6 Å². The number of allylic oxidation sites excluding steroid dienone is 2. The molecular formula is C9H16. The van der Waals surface area contributed by atoms with Crippen molar-refractivity contribution < 1.29 is 0 Å². The lowest BCUT2D eigenvalue weighted by atomic mass is 10.1. The maximum Gasteiger partial charge on any atom is -0.0320 e. The highest BCUT2D eigenvalue weighted by molar-refractivity contribution is 5.10. The van der Waals surface area contributed by atoms with E-state index in [2.05, 4.69) is 13.8 Å². The van der Waals surface area contributed by atoms with Crippen molar-refractivity contribution in [1.29, 1.82) is 0 Å². The summed E-state index contributed by atoms with van der Waals surface area (Å²) in [4.78, 5) is 0. The first-order valence-electron chi connectivity index (χ1n) is 3.96. The summed E-state index contributed by atoms with van der Waals surface area (Å²) in [5.41, 5.74) is 3.29. The van der Waals surface area contributed by atoms with E-state index in [1.54, 1.807) is 11.1 Å². The van der Waals surface area contributed by atoms with Gasteiger partial charge in [0.05, 0.1) is 0 Å². The van der Waals surface area contributed by atoms with Gasteiger partial charge in [0.15, 0.2) is 0 Å². The van der Waals surface area contributed by atoms with E-state index in [1.807, 2.05) is 0 Å². The molecule has 0 aromatic rings. The highest BCUT2D eigenvalue weighted by atomic mass is 14.1. The van der Waals surface area contributed by atoms with Gasteiger partial charge in [-0.15, -0.1) is 0 Å². The zero-order valence-electron chi connectivity index (χ0n) is 6.54. The van der Waals surface area contributed by atoms with Crippen LogP contribution in [0, 0.1) is 0 Å². The van der Waals surface area contributed by atoms with E-state index in [1.165, 1.54) is 32.1 Å². The molecule has 1 aliphatic carbocycles. The molecule has 0 N–H and O–H groups in total. The highest BCUT2D eigenvalue weighted by Gasteiger charge is 2.02. The topological polar surface area (TPSA) is 0 Å². The molecule has 52 valence electrons. The zero-order chi connectivity index (χ0) is 6.69. The molecule has 0 amide bonds. The molecule has 0 atom stereocenters. The number of hydrogen-bond donors (Lipinski definition) is 0. The Kier molecular flexibility index (Phi) is 2.32. The maximum absolute atomic E-state index is 2.28. The molecular weight excluding hydrogens is 108 g/mol. The summed E-state index contributed by atoms with van der Waals surface area (Å²) < 4.78 is 0. The Morgan fingerprint density at radius 1 is 0.778 bits per heavy atom. The molecule has 0 nitrogen and oxygen atoms in total. The third-order valence-electron chi connectivity index (χ3n) is 2.33. The van der Waals surface area contributed by atoms with E-state index in [0.717, 1.165) is 0 Å². The smallest absolute Gasteiger partial charge is 0.0320 e. The third kappa shape index (κ3) is 1.85. The van der Waals surface area contributed by atoms with Gasteiger partial charge in [-0.25, -0.2) is 0 Å². The zero-order valence-corrected chi connectivity index (χ0v) is 6.54. The lowest BCUT2D eigenvalue weighted by Crippen LogP contribution is -1.78. The van der Waals surface area contributed by atoms with Gasteiger partial charge in [-0.05, 0) is 39.5 Å². The number of hydrogen-bond acceptors (Lipinski definition) is 0. The average Bonchev–Trinajstić information content (AvgIpc) is 1.99. The van der Waals surface area contributed by atoms with Crippen LogP contribution in [0.3, 0.4) is 0 Å². The van der Waals surface area contributed by atoms with Gasteiger partial charge < -0.3 is 0 Å². The van der Waals surface area contributed by atoms with Gasteiger partial charge in [-0.3, -0.25) is 0 Å². The van der Waals surface area contributed by atoms with Crippen molar-refractivity contribution in [2.45, 2.75) is 46.0 Å². The molecule has 0 radical (unpaired) electrons. The first-order valence-corrected chi connectivity index (χ1v) is 3.96. The Morgan fingerprint density at radius 2 is 1.22 bits per heavy atom. The summed E-state index contributed by atoms with van der Waals surface area (Å²) in [5, 5.41) is 0. The van der Waals surface area contributed by atoms with Gasteiger partial charge in [0, 0.05) is 0 Å². The van der Waals surface area contributed by atoms with Crippen LogP contribution in [0.1, 0.15) is 46.0 Å². The fraction of sp³-hybridized carbons (Fsp3) is 0.778. The van der Waals surface area contributed by atoms with Crippen molar-refractivity contribution >= 4 is 0 Å². The average molecular weight is 124 g/mol. The van der Waals surface area contributed by atoms with Crippen LogP contribution in [0.15, 0.2) is 11.1 Å². The summed E-state index contributed by atoms with van der Waals surface area (Å²) in [6, 6.07) is 0. The van der Waals surface area contributed by atoms with Crippen molar-refractivity contribution in [3.8, 4) is 0 Å². The second-order valence-corrected chi connectivity index (χ2v) is 3.12. The van der Waals surface area contributed by atoms with Crippen LogP contribution < -0.4 is 0 Å². The number of rotatable bonds is 0. The molecule has 0 spiro atoms. The normalized spacial score (nSPS) is 22.0. The molecule has 0 heteroatoms. The molecule has 0 aromatic carbocycles. The van der Waals surface area contributed by atoms with Crippen LogP contribution in [0.4, 0.5) is 0 Å². The lowest BCUT2D eigenvalue weighted by Gasteiger charge is -1.99. The molecule has 0 fully saturated rings. The molecule has 0 saturated carbocycles. The third-order valence-corrected chi connectivity index (χ3v) is 2.33. The Balaban J connectivity index is 2.55. The standard InChI is InChI=1S/C9H16/c1-8-6-4-3-5-7-9(8)2/h3-7H2,1-2H3. The summed E-state index contributed by atoms with van der Waals surface area (Å²) >= 11 is 0. The summed E-state index contributed by atoms with van der Waals surface area (Å²) in [5.74, 6) is 0. The Bertz CT molecular complexity index is 106. The highest BCUT2D eigenvalue weighted by Crippen LogP contribution is 2.22. The van der Waals surface area contributed by atoms with Gasteiger partial charge in [-0.2, -0.15) is 0 Å². The Labute approximate surface area is 58.0 Å². The molecule has 9 heavy (non-hydrogen) atoms.